The minimum Gasteiger partial charge on any atom is -0.490 e. The molecule has 0 saturated heterocycles. The minimum absolute atomic E-state index is 0.0361. The lowest BCUT2D eigenvalue weighted by molar-refractivity contribution is -0.136. The highest BCUT2D eigenvalue weighted by molar-refractivity contribution is 5.90. The van der Waals surface area contributed by atoms with Crippen LogP contribution in [0.1, 0.15) is 49.4 Å². The summed E-state index contributed by atoms with van der Waals surface area (Å²) in [4.78, 5) is 11.6. The fourth-order valence-electron chi connectivity index (χ4n) is 4.43. The van der Waals surface area contributed by atoms with E-state index in [9.17, 15) is 9.90 Å². The van der Waals surface area contributed by atoms with Crippen molar-refractivity contribution in [2.24, 2.45) is 0 Å². The van der Waals surface area contributed by atoms with Crippen molar-refractivity contribution in [1.82, 2.24) is 4.57 Å². The van der Waals surface area contributed by atoms with Gasteiger partial charge in [-0.2, -0.15) is 0 Å². The summed E-state index contributed by atoms with van der Waals surface area (Å²) < 4.78 is 8.45. The Bertz CT molecular complexity index is 968. The Labute approximate surface area is 165 Å². The van der Waals surface area contributed by atoms with Crippen LogP contribution >= 0.6 is 0 Å². The molecule has 0 aliphatic heterocycles. The number of ether oxygens (including phenoxy) is 1. The lowest BCUT2D eigenvalue weighted by atomic mass is 10.1. The number of carboxylic acid groups (broad SMARTS) is 1. The van der Waals surface area contributed by atoms with Crippen LogP contribution in [0, 0.1) is 0 Å². The van der Waals surface area contributed by atoms with Gasteiger partial charge in [0.05, 0.1) is 12.5 Å². The highest BCUT2D eigenvalue weighted by Crippen LogP contribution is 2.33. The molecule has 146 valence electrons. The molecule has 2 aromatic carbocycles. The quantitative estimate of drug-likeness (QED) is 0.616. The highest BCUT2D eigenvalue weighted by atomic mass is 16.5. The third-order valence-electron chi connectivity index (χ3n) is 5.71. The summed E-state index contributed by atoms with van der Waals surface area (Å²) in [6, 6.07) is 16.5. The normalized spacial score (nSPS) is 14.6. The molecule has 0 unspecified atom stereocenters. The molecule has 1 heterocycles. The van der Waals surface area contributed by atoms with Gasteiger partial charge in [-0.1, -0.05) is 37.3 Å². The van der Waals surface area contributed by atoms with Crippen LogP contribution in [0.4, 0.5) is 0 Å². The first-order valence-corrected chi connectivity index (χ1v) is 10.2. The predicted molar refractivity (Wildman–Crippen MR) is 111 cm³/mol. The second kappa shape index (κ2) is 8.09. The first kappa shape index (κ1) is 18.6. The molecule has 4 rings (SSSR count). The van der Waals surface area contributed by atoms with Crippen molar-refractivity contribution < 1.29 is 14.6 Å². The first-order valence-electron chi connectivity index (χ1n) is 10.2. The standard InChI is InChI=1S/C24H27NO3/c1-2-22-21(15-24(26)27)20-14-19(28-18-10-6-7-11-18)12-13-23(20)25(22)16-17-8-4-3-5-9-17/h3-5,8-9,12-14,18H,2,6-7,10-11,15-16H2,1H3,(H,26,27). The van der Waals surface area contributed by atoms with E-state index in [1.54, 1.807) is 0 Å². The van der Waals surface area contributed by atoms with E-state index in [1.807, 2.05) is 30.3 Å². The monoisotopic (exact) mass is 377 g/mol. The number of fused-ring (bicyclic) bond motifs is 1. The van der Waals surface area contributed by atoms with Crippen molar-refractivity contribution in [3.05, 3.63) is 65.4 Å². The largest absolute Gasteiger partial charge is 0.490 e. The first-order chi connectivity index (χ1) is 13.7. The summed E-state index contributed by atoms with van der Waals surface area (Å²) in [6.45, 7) is 2.83. The molecule has 1 N–H and O–H groups in total. The van der Waals surface area contributed by atoms with E-state index in [-0.39, 0.29) is 12.5 Å². The van der Waals surface area contributed by atoms with E-state index >= 15 is 0 Å². The number of hydrogen-bond donors (Lipinski definition) is 1. The van der Waals surface area contributed by atoms with Crippen molar-refractivity contribution in [1.29, 1.82) is 0 Å². The molecule has 1 aliphatic rings. The van der Waals surface area contributed by atoms with Crippen molar-refractivity contribution in [2.45, 2.75) is 58.1 Å². The maximum atomic E-state index is 11.6. The van der Waals surface area contributed by atoms with Gasteiger partial charge in [-0.3, -0.25) is 4.79 Å². The van der Waals surface area contributed by atoms with Crippen LogP contribution in [0.2, 0.25) is 0 Å². The van der Waals surface area contributed by atoms with Gasteiger partial charge in [0.15, 0.2) is 0 Å². The van der Waals surface area contributed by atoms with E-state index in [4.69, 9.17) is 4.74 Å². The Balaban J connectivity index is 1.79. The van der Waals surface area contributed by atoms with Crippen LogP contribution in [0.25, 0.3) is 10.9 Å². The van der Waals surface area contributed by atoms with Gasteiger partial charge in [-0.15, -0.1) is 0 Å². The van der Waals surface area contributed by atoms with Crippen LogP contribution in [0.5, 0.6) is 5.75 Å². The van der Waals surface area contributed by atoms with Gasteiger partial charge >= 0.3 is 5.97 Å². The third kappa shape index (κ3) is 3.77. The number of rotatable bonds is 7. The number of carboxylic acids is 1. The van der Waals surface area contributed by atoms with E-state index < -0.39 is 5.97 Å². The van der Waals surface area contributed by atoms with Gasteiger partial charge in [0, 0.05) is 23.1 Å². The van der Waals surface area contributed by atoms with Crippen LogP contribution in [0.15, 0.2) is 48.5 Å². The van der Waals surface area contributed by atoms with Crippen molar-refractivity contribution in [3.63, 3.8) is 0 Å². The zero-order valence-electron chi connectivity index (χ0n) is 16.4. The molecule has 1 aromatic heterocycles. The second-order valence-electron chi connectivity index (χ2n) is 7.62. The summed E-state index contributed by atoms with van der Waals surface area (Å²) in [6.07, 6.45) is 5.79. The van der Waals surface area contributed by atoms with E-state index in [1.165, 1.54) is 18.4 Å². The van der Waals surface area contributed by atoms with Gasteiger partial charge in [-0.05, 0) is 61.4 Å². The molecule has 3 aromatic rings. The Morgan fingerprint density at radius 2 is 1.89 bits per heavy atom. The van der Waals surface area contributed by atoms with Crippen LogP contribution in [-0.2, 0) is 24.2 Å². The molecule has 0 spiro atoms. The van der Waals surface area contributed by atoms with Crippen molar-refractivity contribution >= 4 is 16.9 Å². The van der Waals surface area contributed by atoms with Crippen LogP contribution in [0.3, 0.4) is 0 Å². The van der Waals surface area contributed by atoms with E-state index in [2.05, 4.69) is 29.7 Å². The molecular formula is C24H27NO3. The van der Waals surface area contributed by atoms with Crippen molar-refractivity contribution in [2.75, 3.05) is 0 Å². The molecule has 0 amide bonds. The lowest BCUT2D eigenvalue weighted by Crippen LogP contribution is -2.10. The molecule has 0 radical (unpaired) electrons. The zero-order valence-corrected chi connectivity index (χ0v) is 16.4. The summed E-state index contributed by atoms with van der Waals surface area (Å²) in [5.41, 5.74) is 4.30. The molecule has 4 heteroatoms. The van der Waals surface area contributed by atoms with Gasteiger partial charge in [-0.25, -0.2) is 0 Å². The molecule has 1 saturated carbocycles. The summed E-state index contributed by atoms with van der Waals surface area (Å²) in [7, 11) is 0. The molecule has 1 aliphatic carbocycles. The summed E-state index contributed by atoms with van der Waals surface area (Å²) in [5.74, 6) is 0.0566. The van der Waals surface area contributed by atoms with E-state index in [0.717, 1.165) is 53.7 Å². The Morgan fingerprint density at radius 3 is 2.57 bits per heavy atom. The Kier molecular flexibility index (Phi) is 5.38. The van der Waals surface area contributed by atoms with E-state index in [0.29, 0.717) is 0 Å². The van der Waals surface area contributed by atoms with Crippen LogP contribution in [-0.4, -0.2) is 21.7 Å². The number of carbonyl (C=O) groups is 1. The number of hydrogen-bond acceptors (Lipinski definition) is 2. The molecule has 0 bridgehead atoms. The van der Waals surface area contributed by atoms with Crippen LogP contribution < -0.4 is 4.74 Å². The number of aromatic nitrogens is 1. The average Bonchev–Trinajstić information content (AvgIpc) is 3.29. The highest BCUT2D eigenvalue weighted by Gasteiger charge is 2.21. The maximum Gasteiger partial charge on any atom is 0.307 e. The van der Waals surface area contributed by atoms with Gasteiger partial charge in [0.1, 0.15) is 5.75 Å². The molecule has 28 heavy (non-hydrogen) atoms. The predicted octanol–water partition coefficient (Wildman–Crippen LogP) is 5.20. The fraction of sp³-hybridized carbons (Fsp3) is 0.375. The van der Waals surface area contributed by atoms with Crippen molar-refractivity contribution in [3.8, 4) is 5.75 Å². The molecular weight excluding hydrogens is 350 g/mol. The lowest BCUT2D eigenvalue weighted by Gasteiger charge is -2.13. The Morgan fingerprint density at radius 1 is 1.14 bits per heavy atom. The average molecular weight is 377 g/mol. The van der Waals surface area contributed by atoms with Gasteiger partial charge in [0.25, 0.3) is 0 Å². The number of nitrogens with zero attached hydrogens (tertiary/aromatic N) is 1. The molecule has 4 nitrogen and oxygen atoms in total. The smallest absolute Gasteiger partial charge is 0.307 e. The van der Waals surface area contributed by atoms with Gasteiger partial charge in [0.2, 0.25) is 0 Å². The topological polar surface area (TPSA) is 51.5 Å². The maximum absolute atomic E-state index is 11.6. The molecule has 1 fully saturated rings. The number of aliphatic carboxylic acids is 1. The zero-order chi connectivity index (χ0) is 19.5. The SMILES string of the molecule is CCc1c(CC(=O)O)c2cc(OC3CCCC3)ccc2n1Cc1ccccc1. The van der Waals surface area contributed by atoms with Gasteiger partial charge < -0.3 is 14.4 Å². The molecule has 0 atom stereocenters. The Hall–Kier alpha value is -2.75. The number of benzene rings is 2. The minimum atomic E-state index is -0.796. The third-order valence-corrected chi connectivity index (χ3v) is 5.71. The fourth-order valence-corrected chi connectivity index (χ4v) is 4.43. The summed E-state index contributed by atoms with van der Waals surface area (Å²) in [5, 5.41) is 10.5. The summed E-state index contributed by atoms with van der Waals surface area (Å²) >= 11 is 0. The second-order valence-corrected chi connectivity index (χ2v) is 7.62.